The van der Waals surface area contributed by atoms with Crippen molar-refractivity contribution in [2.24, 2.45) is 11.7 Å². The summed E-state index contributed by atoms with van der Waals surface area (Å²) < 4.78 is 4.88. The minimum absolute atomic E-state index is 0.00271. The summed E-state index contributed by atoms with van der Waals surface area (Å²) in [6.07, 6.45) is 1.70. The molecule has 2 rings (SSSR count). The number of nitrogens with one attached hydrogen (secondary N) is 2. The van der Waals surface area contributed by atoms with Gasteiger partial charge in [0.05, 0.1) is 5.56 Å². The molecule has 0 radical (unpaired) electrons. The summed E-state index contributed by atoms with van der Waals surface area (Å²) in [5, 5.41) is 4.95. The summed E-state index contributed by atoms with van der Waals surface area (Å²) in [5.74, 6) is -1.67. The molecule has 8 nitrogen and oxygen atoms in total. The van der Waals surface area contributed by atoms with Crippen molar-refractivity contribution >= 4 is 40.2 Å². The van der Waals surface area contributed by atoms with Gasteiger partial charge in [0.1, 0.15) is 5.00 Å². The molecule has 0 aliphatic heterocycles. The van der Waals surface area contributed by atoms with Crippen LogP contribution in [0.1, 0.15) is 33.6 Å². The van der Waals surface area contributed by atoms with Gasteiger partial charge in [-0.15, -0.1) is 11.3 Å². The number of ether oxygens (including phenoxy) is 1. The van der Waals surface area contributed by atoms with Gasteiger partial charge in [-0.05, 0) is 32.3 Å². The number of primary amides is 1. The SMILES string of the molecule is Cc1sc(NC(=O)C2CC2)c(C(=O)OCC(=O)NC(N)=O)c1C. The molecule has 0 spiro atoms. The van der Waals surface area contributed by atoms with E-state index in [2.05, 4.69) is 5.32 Å². The predicted molar refractivity (Wildman–Crippen MR) is 83.2 cm³/mol. The fourth-order valence-electron chi connectivity index (χ4n) is 1.90. The second-order valence-corrected chi connectivity index (χ2v) is 6.46. The van der Waals surface area contributed by atoms with Crippen molar-refractivity contribution < 1.29 is 23.9 Å². The van der Waals surface area contributed by atoms with Crippen LogP contribution in [-0.2, 0) is 14.3 Å². The van der Waals surface area contributed by atoms with Gasteiger partial charge in [-0.2, -0.15) is 0 Å². The molecule has 23 heavy (non-hydrogen) atoms. The molecule has 0 saturated heterocycles. The Balaban J connectivity index is 2.07. The molecule has 1 fully saturated rings. The lowest BCUT2D eigenvalue weighted by Gasteiger charge is -2.07. The second-order valence-electron chi connectivity index (χ2n) is 5.24. The van der Waals surface area contributed by atoms with Crippen LogP contribution in [-0.4, -0.2) is 30.4 Å². The summed E-state index contributed by atoms with van der Waals surface area (Å²) >= 11 is 1.28. The van der Waals surface area contributed by atoms with E-state index in [9.17, 15) is 19.2 Å². The smallest absolute Gasteiger partial charge is 0.341 e. The third-order valence-electron chi connectivity index (χ3n) is 3.37. The number of nitrogens with two attached hydrogens (primary N) is 1. The average Bonchev–Trinajstić information content (AvgIpc) is 3.25. The number of thiophene rings is 1. The van der Waals surface area contributed by atoms with E-state index in [-0.39, 0.29) is 17.4 Å². The van der Waals surface area contributed by atoms with Crippen molar-refractivity contribution in [2.45, 2.75) is 26.7 Å². The summed E-state index contributed by atoms with van der Waals surface area (Å²) in [7, 11) is 0. The highest BCUT2D eigenvalue weighted by atomic mass is 32.1. The number of carbonyl (C=O) groups is 4. The van der Waals surface area contributed by atoms with Crippen LogP contribution < -0.4 is 16.4 Å². The van der Waals surface area contributed by atoms with Gasteiger partial charge in [-0.1, -0.05) is 0 Å². The van der Waals surface area contributed by atoms with Crippen molar-refractivity contribution in [1.82, 2.24) is 5.32 Å². The molecule has 0 aromatic carbocycles. The maximum atomic E-state index is 12.2. The van der Waals surface area contributed by atoms with Crippen molar-refractivity contribution in [3.8, 4) is 0 Å². The highest BCUT2D eigenvalue weighted by Gasteiger charge is 2.31. The fraction of sp³-hybridized carbons (Fsp3) is 0.429. The number of hydrogen-bond donors (Lipinski definition) is 3. The Hall–Kier alpha value is -2.42. The minimum atomic E-state index is -1.02. The van der Waals surface area contributed by atoms with Gasteiger partial charge in [0.25, 0.3) is 5.91 Å². The number of aryl methyl sites for hydroxylation is 1. The zero-order valence-electron chi connectivity index (χ0n) is 12.7. The van der Waals surface area contributed by atoms with Gasteiger partial charge in [0.2, 0.25) is 5.91 Å². The van der Waals surface area contributed by atoms with Crippen LogP contribution in [0.15, 0.2) is 0 Å². The number of rotatable bonds is 5. The maximum absolute atomic E-state index is 12.2. The Morgan fingerprint density at radius 3 is 2.48 bits per heavy atom. The molecule has 4 N–H and O–H groups in total. The Bertz CT molecular complexity index is 678. The van der Waals surface area contributed by atoms with Crippen molar-refractivity contribution in [3.63, 3.8) is 0 Å². The van der Waals surface area contributed by atoms with Crippen LogP contribution in [0.25, 0.3) is 0 Å². The lowest BCUT2D eigenvalue weighted by atomic mass is 10.1. The number of esters is 1. The van der Waals surface area contributed by atoms with Gasteiger partial charge >= 0.3 is 12.0 Å². The normalized spacial score (nSPS) is 13.3. The number of urea groups is 1. The zero-order chi connectivity index (χ0) is 17.1. The molecule has 1 saturated carbocycles. The first-order valence-corrected chi connectivity index (χ1v) is 7.78. The molecule has 124 valence electrons. The third kappa shape index (κ3) is 4.28. The first kappa shape index (κ1) is 16.9. The third-order valence-corrected chi connectivity index (χ3v) is 4.49. The van der Waals surface area contributed by atoms with Crippen LogP contribution in [0.3, 0.4) is 0 Å². The van der Waals surface area contributed by atoms with E-state index >= 15 is 0 Å². The molecular formula is C14H17N3O5S. The number of hydrogen-bond acceptors (Lipinski definition) is 6. The molecule has 4 amide bonds. The standard InChI is InChI=1S/C14H17N3O5S/c1-6-7(2)23-12(17-11(19)8-3-4-8)10(6)13(20)22-5-9(18)16-14(15)21/h8H,3-5H2,1-2H3,(H,17,19)(H3,15,16,18,21). The summed E-state index contributed by atoms with van der Waals surface area (Å²) in [6.45, 7) is 2.92. The summed E-state index contributed by atoms with van der Waals surface area (Å²) in [4.78, 5) is 46.8. The molecule has 0 unspecified atom stereocenters. The predicted octanol–water partition coefficient (Wildman–Crippen LogP) is 1.07. The number of carbonyl (C=O) groups excluding carboxylic acids is 4. The minimum Gasteiger partial charge on any atom is -0.452 e. The average molecular weight is 339 g/mol. The summed E-state index contributed by atoms with van der Waals surface area (Å²) in [6, 6.07) is -1.02. The van der Waals surface area contributed by atoms with Gasteiger partial charge in [-0.25, -0.2) is 9.59 Å². The number of anilines is 1. The zero-order valence-corrected chi connectivity index (χ0v) is 13.5. The molecule has 0 atom stereocenters. The van der Waals surface area contributed by atoms with Crippen LogP contribution >= 0.6 is 11.3 Å². The molecule has 0 bridgehead atoms. The van der Waals surface area contributed by atoms with Gasteiger partial charge in [0, 0.05) is 10.8 Å². The highest BCUT2D eigenvalue weighted by Crippen LogP contribution is 2.36. The highest BCUT2D eigenvalue weighted by molar-refractivity contribution is 7.16. The van der Waals surface area contributed by atoms with E-state index < -0.39 is 24.5 Å². The van der Waals surface area contributed by atoms with Crippen LogP contribution in [0.5, 0.6) is 0 Å². The monoisotopic (exact) mass is 339 g/mol. The van der Waals surface area contributed by atoms with Crippen molar-refractivity contribution in [1.29, 1.82) is 0 Å². The molecule has 1 aliphatic rings. The Morgan fingerprint density at radius 2 is 1.91 bits per heavy atom. The molecule has 1 heterocycles. The van der Waals surface area contributed by atoms with Gasteiger partial charge < -0.3 is 15.8 Å². The molecule has 1 aliphatic carbocycles. The first-order chi connectivity index (χ1) is 10.8. The van der Waals surface area contributed by atoms with E-state index in [0.29, 0.717) is 10.6 Å². The van der Waals surface area contributed by atoms with Gasteiger partial charge in [-0.3, -0.25) is 14.9 Å². The quantitative estimate of drug-likeness (QED) is 0.691. The number of imide groups is 1. The van der Waals surface area contributed by atoms with E-state index in [1.54, 1.807) is 12.2 Å². The Labute approximate surface area is 136 Å². The lowest BCUT2D eigenvalue weighted by molar-refractivity contribution is -0.123. The van der Waals surface area contributed by atoms with E-state index in [4.69, 9.17) is 10.5 Å². The van der Waals surface area contributed by atoms with Crippen molar-refractivity contribution in [2.75, 3.05) is 11.9 Å². The Morgan fingerprint density at radius 1 is 1.26 bits per heavy atom. The molecular weight excluding hydrogens is 322 g/mol. The molecule has 9 heteroatoms. The van der Waals surface area contributed by atoms with Gasteiger partial charge in [0.15, 0.2) is 6.61 Å². The largest absolute Gasteiger partial charge is 0.452 e. The molecule has 1 aromatic heterocycles. The maximum Gasteiger partial charge on any atom is 0.341 e. The topological polar surface area (TPSA) is 128 Å². The first-order valence-electron chi connectivity index (χ1n) is 6.96. The lowest BCUT2D eigenvalue weighted by Crippen LogP contribution is -2.37. The Kier molecular flexibility index (Phi) is 4.99. The van der Waals surface area contributed by atoms with E-state index in [1.807, 2.05) is 6.92 Å². The molecule has 1 aromatic rings. The number of amides is 4. The van der Waals surface area contributed by atoms with E-state index in [0.717, 1.165) is 17.7 Å². The summed E-state index contributed by atoms with van der Waals surface area (Å²) in [5.41, 5.74) is 5.71. The van der Waals surface area contributed by atoms with Crippen LogP contribution in [0.4, 0.5) is 9.80 Å². The van der Waals surface area contributed by atoms with Crippen LogP contribution in [0.2, 0.25) is 0 Å². The van der Waals surface area contributed by atoms with E-state index in [1.165, 1.54) is 11.3 Å². The van der Waals surface area contributed by atoms with Crippen LogP contribution in [0, 0.1) is 19.8 Å². The fourth-order valence-corrected chi connectivity index (χ4v) is 2.95. The second kappa shape index (κ2) is 6.78. The van der Waals surface area contributed by atoms with Crippen molar-refractivity contribution in [3.05, 3.63) is 16.0 Å².